The molecule has 0 heterocycles. The number of hydrogen-bond donors (Lipinski definition) is 1. The minimum absolute atomic E-state index is 0.0347. The van der Waals surface area contributed by atoms with Crippen molar-refractivity contribution in [2.75, 3.05) is 13.7 Å². The van der Waals surface area contributed by atoms with Crippen LogP contribution in [0, 0.1) is 11.3 Å². The molecule has 108 valence electrons. The van der Waals surface area contributed by atoms with E-state index in [4.69, 9.17) is 14.7 Å². The van der Waals surface area contributed by atoms with E-state index >= 15 is 0 Å². The van der Waals surface area contributed by atoms with E-state index in [1.165, 1.54) is 0 Å². The van der Waals surface area contributed by atoms with Gasteiger partial charge in [-0.2, -0.15) is 5.26 Å². The lowest BCUT2D eigenvalue weighted by Crippen LogP contribution is -2.09. The molecule has 0 aliphatic heterocycles. The van der Waals surface area contributed by atoms with Gasteiger partial charge in [0.15, 0.2) is 0 Å². The van der Waals surface area contributed by atoms with E-state index < -0.39 is 0 Å². The van der Waals surface area contributed by atoms with E-state index in [2.05, 4.69) is 6.07 Å². The van der Waals surface area contributed by atoms with Gasteiger partial charge < -0.3 is 14.6 Å². The van der Waals surface area contributed by atoms with Crippen LogP contribution >= 0.6 is 0 Å². The quantitative estimate of drug-likeness (QED) is 0.885. The highest BCUT2D eigenvalue weighted by molar-refractivity contribution is 5.35. The topological polar surface area (TPSA) is 62.5 Å². The van der Waals surface area contributed by atoms with Crippen LogP contribution in [0.15, 0.2) is 48.5 Å². The number of aliphatic hydroxyl groups is 1. The van der Waals surface area contributed by atoms with Crippen LogP contribution in [0.2, 0.25) is 0 Å². The second-order valence-electron chi connectivity index (χ2n) is 4.53. The van der Waals surface area contributed by atoms with Crippen LogP contribution in [0.1, 0.15) is 23.7 Å². The van der Waals surface area contributed by atoms with Gasteiger partial charge in [0, 0.05) is 13.0 Å². The molecular weight excluding hydrogens is 266 g/mol. The van der Waals surface area contributed by atoms with Crippen molar-refractivity contribution in [2.45, 2.75) is 12.5 Å². The molecule has 1 atom stereocenters. The summed E-state index contributed by atoms with van der Waals surface area (Å²) in [5, 5.41) is 18.0. The van der Waals surface area contributed by atoms with Gasteiger partial charge in [0.1, 0.15) is 17.6 Å². The van der Waals surface area contributed by atoms with Gasteiger partial charge in [-0.3, -0.25) is 0 Å². The first-order valence-electron chi connectivity index (χ1n) is 6.68. The zero-order valence-corrected chi connectivity index (χ0v) is 11.8. The molecular formula is C17H17NO3. The highest BCUT2D eigenvalue weighted by Gasteiger charge is 2.13. The fraction of sp³-hybridized carbons (Fsp3) is 0.235. The Hall–Kier alpha value is -2.51. The molecule has 2 aromatic carbocycles. The largest absolute Gasteiger partial charge is 0.497 e. The smallest absolute Gasteiger partial charge is 0.126 e. The molecule has 0 aliphatic carbocycles. The van der Waals surface area contributed by atoms with E-state index in [9.17, 15) is 5.11 Å². The summed E-state index contributed by atoms with van der Waals surface area (Å²) in [4.78, 5) is 0. The van der Waals surface area contributed by atoms with Crippen molar-refractivity contribution in [2.24, 2.45) is 0 Å². The third-order valence-electron chi connectivity index (χ3n) is 3.14. The van der Waals surface area contributed by atoms with Crippen molar-refractivity contribution < 1.29 is 14.6 Å². The van der Waals surface area contributed by atoms with Crippen molar-refractivity contribution in [3.05, 3.63) is 59.7 Å². The number of nitriles is 1. The number of rotatable bonds is 6. The van der Waals surface area contributed by atoms with Crippen LogP contribution in [0.4, 0.5) is 0 Å². The zero-order chi connectivity index (χ0) is 15.1. The Morgan fingerprint density at radius 3 is 2.19 bits per heavy atom. The third-order valence-corrected chi connectivity index (χ3v) is 3.14. The molecule has 0 spiro atoms. The molecule has 0 saturated carbocycles. The van der Waals surface area contributed by atoms with E-state index in [0.29, 0.717) is 17.7 Å². The number of ether oxygens (including phenoxy) is 2. The highest BCUT2D eigenvalue weighted by atomic mass is 16.5. The number of benzene rings is 2. The van der Waals surface area contributed by atoms with E-state index in [-0.39, 0.29) is 12.7 Å². The Bertz CT molecular complexity index is 599. The first kappa shape index (κ1) is 14.9. The molecule has 2 rings (SSSR count). The molecule has 1 unspecified atom stereocenters. The Kier molecular flexibility index (Phi) is 5.19. The molecule has 0 amide bonds. The lowest BCUT2D eigenvalue weighted by atomic mass is 10.1. The summed E-state index contributed by atoms with van der Waals surface area (Å²) in [6, 6.07) is 16.6. The summed E-state index contributed by atoms with van der Waals surface area (Å²) in [6.45, 7) is 0.0347. The lowest BCUT2D eigenvalue weighted by molar-refractivity contribution is 0.156. The normalized spacial score (nSPS) is 11.5. The Balaban J connectivity index is 2.15. The van der Waals surface area contributed by atoms with E-state index in [1.54, 1.807) is 31.4 Å². The minimum Gasteiger partial charge on any atom is -0.497 e. The van der Waals surface area contributed by atoms with Crippen LogP contribution in [-0.4, -0.2) is 18.8 Å². The maximum Gasteiger partial charge on any atom is 0.126 e. The standard InChI is InChI=1S/C17H17NO3/c1-20-15-8-4-14(5-9-15)17(10-11-19)21-16-6-2-13(12-18)3-7-16/h2-9,17,19H,10-11H2,1H3. The van der Waals surface area contributed by atoms with Crippen molar-refractivity contribution in [1.82, 2.24) is 0 Å². The van der Waals surface area contributed by atoms with Crippen LogP contribution in [-0.2, 0) is 0 Å². The van der Waals surface area contributed by atoms with E-state index in [0.717, 1.165) is 11.3 Å². The summed E-state index contributed by atoms with van der Waals surface area (Å²) in [6.07, 6.45) is 0.251. The first-order valence-corrected chi connectivity index (χ1v) is 6.68. The second-order valence-corrected chi connectivity index (χ2v) is 4.53. The number of hydrogen-bond acceptors (Lipinski definition) is 4. The molecule has 21 heavy (non-hydrogen) atoms. The average molecular weight is 283 g/mol. The predicted octanol–water partition coefficient (Wildman–Crippen LogP) is 3.07. The lowest BCUT2D eigenvalue weighted by Gasteiger charge is -2.19. The number of methoxy groups -OCH3 is 1. The van der Waals surface area contributed by atoms with Crippen molar-refractivity contribution in [1.29, 1.82) is 5.26 Å². The Morgan fingerprint density at radius 2 is 1.67 bits per heavy atom. The maximum absolute atomic E-state index is 9.21. The van der Waals surface area contributed by atoms with Gasteiger partial charge >= 0.3 is 0 Å². The van der Waals surface area contributed by atoms with Gasteiger partial charge in [-0.15, -0.1) is 0 Å². The summed E-state index contributed by atoms with van der Waals surface area (Å²) in [7, 11) is 1.62. The predicted molar refractivity (Wildman–Crippen MR) is 79.2 cm³/mol. The van der Waals surface area contributed by atoms with Gasteiger partial charge in [-0.05, 0) is 42.0 Å². The van der Waals surface area contributed by atoms with Crippen molar-refractivity contribution >= 4 is 0 Å². The monoisotopic (exact) mass is 283 g/mol. The molecule has 0 fully saturated rings. The SMILES string of the molecule is COc1ccc(C(CCO)Oc2ccc(C#N)cc2)cc1. The molecule has 0 aromatic heterocycles. The fourth-order valence-electron chi connectivity index (χ4n) is 2.00. The van der Waals surface area contributed by atoms with Crippen molar-refractivity contribution in [3.8, 4) is 17.6 Å². The van der Waals surface area contributed by atoms with Crippen LogP contribution in [0.3, 0.4) is 0 Å². The summed E-state index contributed by atoms with van der Waals surface area (Å²) in [5.41, 5.74) is 1.56. The molecule has 0 saturated heterocycles. The zero-order valence-electron chi connectivity index (χ0n) is 11.8. The van der Waals surface area contributed by atoms with Crippen molar-refractivity contribution in [3.63, 3.8) is 0 Å². The van der Waals surface area contributed by atoms with Crippen LogP contribution in [0.25, 0.3) is 0 Å². The molecule has 4 heteroatoms. The van der Waals surface area contributed by atoms with Gasteiger partial charge in [-0.25, -0.2) is 0 Å². The average Bonchev–Trinajstić information content (AvgIpc) is 2.55. The number of nitrogens with zero attached hydrogens (tertiary/aromatic N) is 1. The number of aliphatic hydroxyl groups excluding tert-OH is 1. The second kappa shape index (κ2) is 7.32. The molecule has 0 aliphatic rings. The summed E-state index contributed by atoms with van der Waals surface area (Å²) >= 11 is 0. The molecule has 0 bridgehead atoms. The molecule has 0 radical (unpaired) electrons. The van der Waals surface area contributed by atoms with E-state index in [1.807, 2.05) is 24.3 Å². The van der Waals surface area contributed by atoms with Crippen LogP contribution < -0.4 is 9.47 Å². The Morgan fingerprint density at radius 1 is 1.05 bits per heavy atom. The summed E-state index contributed by atoms with van der Waals surface area (Å²) < 4.78 is 11.0. The van der Waals surface area contributed by atoms with Gasteiger partial charge in [0.05, 0.1) is 18.7 Å². The Labute approximate surface area is 124 Å². The highest BCUT2D eigenvalue weighted by Crippen LogP contribution is 2.26. The minimum atomic E-state index is -0.242. The van der Waals surface area contributed by atoms with Gasteiger partial charge in [0.25, 0.3) is 0 Å². The molecule has 4 nitrogen and oxygen atoms in total. The third kappa shape index (κ3) is 3.98. The van der Waals surface area contributed by atoms with Crippen LogP contribution in [0.5, 0.6) is 11.5 Å². The fourth-order valence-corrected chi connectivity index (χ4v) is 2.00. The first-order chi connectivity index (χ1) is 10.3. The summed E-state index contributed by atoms with van der Waals surface area (Å²) in [5.74, 6) is 1.45. The maximum atomic E-state index is 9.21. The molecule has 2 aromatic rings. The van der Waals surface area contributed by atoms with Gasteiger partial charge in [0.2, 0.25) is 0 Å². The van der Waals surface area contributed by atoms with Gasteiger partial charge in [-0.1, -0.05) is 12.1 Å². The molecule has 1 N–H and O–H groups in total.